The van der Waals surface area contributed by atoms with E-state index in [1.807, 2.05) is 4.90 Å². The van der Waals surface area contributed by atoms with Crippen LogP contribution in [0.2, 0.25) is 0 Å². The van der Waals surface area contributed by atoms with E-state index in [0.29, 0.717) is 11.6 Å². The highest BCUT2D eigenvalue weighted by atomic mass is 19.4. The molecule has 2 nitrogen and oxygen atoms in total. The second-order valence-electron chi connectivity index (χ2n) is 5.60. The maximum absolute atomic E-state index is 13.1. The molecule has 0 bridgehead atoms. The lowest BCUT2D eigenvalue weighted by Crippen LogP contribution is -2.30. The summed E-state index contributed by atoms with van der Waals surface area (Å²) in [6.45, 7) is 0.748. The van der Waals surface area contributed by atoms with E-state index in [1.165, 1.54) is 6.07 Å². The summed E-state index contributed by atoms with van der Waals surface area (Å²) in [7, 11) is 0. The Kier molecular flexibility index (Phi) is 2.87. The van der Waals surface area contributed by atoms with Crippen LogP contribution in [0.5, 0.6) is 0 Å². The van der Waals surface area contributed by atoms with Crippen molar-refractivity contribution in [3.63, 3.8) is 0 Å². The van der Waals surface area contributed by atoms with E-state index in [1.54, 1.807) is 6.07 Å². The van der Waals surface area contributed by atoms with Crippen molar-refractivity contribution < 1.29 is 13.2 Å². The van der Waals surface area contributed by atoms with E-state index < -0.39 is 11.7 Å². The van der Waals surface area contributed by atoms with Crippen molar-refractivity contribution >= 4 is 11.4 Å². The number of hydrogen-bond donors (Lipinski definition) is 1. The molecule has 2 fully saturated rings. The molecular weight excluding hydrogens is 253 g/mol. The first-order valence-electron chi connectivity index (χ1n) is 6.68. The van der Waals surface area contributed by atoms with Gasteiger partial charge in [0, 0.05) is 24.0 Å². The van der Waals surface area contributed by atoms with Gasteiger partial charge in [-0.3, -0.25) is 0 Å². The fourth-order valence-electron chi connectivity index (χ4n) is 2.44. The maximum Gasteiger partial charge on any atom is 0.418 e. The van der Waals surface area contributed by atoms with Crippen LogP contribution in [0.3, 0.4) is 0 Å². The molecule has 0 amide bonds. The quantitative estimate of drug-likeness (QED) is 0.846. The Labute approximate surface area is 110 Å². The topological polar surface area (TPSA) is 29.3 Å². The summed E-state index contributed by atoms with van der Waals surface area (Å²) in [6.07, 6.45) is -0.0801. The summed E-state index contributed by atoms with van der Waals surface area (Å²) in [5, 5.41) is 0. The molecule has 0 spiro atoms. The van der Waals surface area contributed by atoms with Crippen LogP contribution >= 0.6 is 0 Å². The molecule has 2 N–H and O–H groups in total. The van der Waals surface area contributed by atoms with E-state index >= 15 is 0 Å². The summed E-state index contributed by atoms with van der Waals surface area (Å²) in [5.74, 6) is 0.569. The molecule has 2 aliphatic rings. The van der Waals surface area contributed by atoms with Crippen molar-refractivity contribution in [3.05, 3.63) is 23.8 Å². The van der Waals surface area contributed by atoms with Crippen LogP contribution in [0.1, 0.15) is 31.2 Å². The molecular formula is C14H17F3N2. The second kappa shape index (κ2) is 4.32. The Morgan fingerprint density at radius 2 is 1.84 bits per heavy atom. The molecule has 0 heterocycles. The molecule has 1 aromatic rings. The molecule has 0 saturated heterocycles. The Balaban J connectivity index is 1.96. The summed E-state index contributed by atoms with van der Waals surface area (Å²) in [6, 6.07) is 4.42. The average Bonchev–Trinajstić information content (AvgIpc) is 3.19. The number of nitrogens with two attached hydrogens (primary N) is 1. The van der Waals surface area contributed by atoms with E-state index in [-0.39, 0.29) is 11.7 Å². The first kappa shape index (κ1) is 12.6. The standard InChI is InChI=1S/C14H17F3N2/c15-14(16,17)12-7-10(18)3-6-13(12)19(11-4-5-11)8-9-1-2-9/h3,6-7,9,11H,1-2,4-5,8,18H2. The average molecular weight is 270 g/mol. The highest BCUT2D eigenvalue weighted by Gasteiger charge is 2.40. The van der Waals surface area contributed by atoms with Crippen LogP contribution in [-0.2, 0) is 6.18 Å². The van der Waals surface area contributed by atoms with Gasteiger partial charge in [-0.1, -0.05) is 0 Å². The maximum atomic E-state index is 13.1. The fraction of sp³-hybridized carbons (Fsp3) is 0.571. The third-order valence-electron chi connectivity index (χ3n) is 3.77. The summed E-state index contributed by atoms with van der Waals surface area (Å²) in [4.78, 5) is 1.94. The molecule has 0 aromatic heterocycles. The van der Waals surface area contributed by atoms with Gasteiger partial charge in [0.05, 0.1) is 5.56 Å². The normalized spacial score (nSPS) is 19.5. The summed E-state index contributed by atoms with van der Waals surface area (Å²) < 4.78 is 39.4. The number of halogens is 3. The Bertz CT molecular complexity index is 476. The van der Waals surface area contributed by atoms with Gasteiger partial charge in [0.25, 0.3) is 0 Å². The molecule has 2 aliphatic carbocycles. The van der Waals surface area contributed by atoms with Gasteiger partial charge in [-0.25, -0.2) is 0 Å². The molecule has 0 unspecified atom stereocenters. The highest BCUT2D eigenvalue weighted by molar-refractivity contribution is 5.62. The molecule has 0 aliphatic heterocycles. The van der Waals surface area contributed by atoms with Crippen LogP contribution < -0.4 is 10.6 Å². The van der Waals surface area contributed by atoms with Crippen LogP contribution in [0.4, 0.5) is 24.5 Å². The predicted octanol–water partition coefficient (Wildman–Crippen LogP) is 3.67. The molecule has 19 heavy (non-hydrogen) atoms. The van der Waals surface area contributed by atoms with E-state index in [9.17, 15) is 13.2 Å². The van der Waals surface area contributed by atoms with Crippen molar-refractivity contribution in [2.75, 3.05) is 17.2 Å². The highest BCUT2D eigenvalue weighted by Crippen LogP contribution is 2.43. The third kappa shape index (κ3) is 2.80. The summed E-state index contributed by atoms with van der Waals surface area (Å²) >= 11 is 0. The van der Waals surface area contributed by atoms with E-state index in [4.69, 9.17) is 5.73 Å². The molecule has 0 radical (unpaired) electrons. The molecule has 1 aromatic carbocycles. The van der Waals surface area contributed by atoms with Gasteiger partial charge >= 0.3 is 6.18 Å². The van der Waals surface area contributed by atoms with Crippen molar-refractivity contribution in [1.82, 2.24) is 0 Å². The number of benzene rings is 1. The van der Waals surface area contributed by atoms with Crippen molar-refractivity contribution in [3.8, 4) is 0 Å². The van der Waals surface area contributed by atoms with Crippen LogP contribution in [0.15, 0.2) is 18.2 Å². The first-order chi connectivity index (χ1) is 8.95. The molecule has 0 atom stereocenters. The van der Waals surface area contributed by atoms with Crippen molar-refractivity contribution in [2.45, 2.75) is 37.9 Å². The minimum atomic E-state index is -4.35. The number of nitrogen functional groups attached to an aromatic ring is 1. The summed E-state index contributed by atoms with van der Waals surface area (Å²) in [5.41, 5.74) is 5.38. The lowest BCUT2D eigenvalue weighted by Gasteiger charge is -2.28. The molecule has 3 rings (SSSR count). The minimum Gasteiger partial charge on any atom is -0.399 e. The number of rotatable bonds is 4. The molecule has 104 valence electrons. The third-order valence-corrected chi connectivity index (χ3v) is 3.77. The van der Waals surface area contributed by atoms with Crippen molar-refractivity contribution in [2.24, 2.45) is 5.92 Å². The van der Waals surface area contributed by atoms with Crippen LogP contribution in [0.25, 0.3) is 0 Å². The minimum absolute atomic E-state index is 0.165. The predicted molar refractivity (Wildman–Crippen MR) is 68.9 cm³/mol. The zero-order valence-electron chi connectivity index (χ0n) is 10.6. The van der Waals surface area contributed by atoms with Gasteiger partial charge in [-0.15, -0.1) is 0 Å². The molecule has 5 heteroatoms. The van der Waals surface area contributed by atoms with E-state index in [2.05, 4.69) is 0 Å². The first-order valence-corrected chi connectivity index (χ1v) is 6.68. The number of nitrogens with zero attached hydrogens (tertiary/aromatic N) is 1. The van der Waals surface area contributed by atoms with Crippen LogP contribution in [-0.4, -0.2) is 12.6 Å². The molecule has 2 saturated carbocycles. The van der Waals surface area contributed by atoms with Gasteiger partial charge in [0.15, 0.2) is 0 Å². The smallest absolute Gasteiger partial charge is 0.399 e. The fourth-order valence-corrected chi connectivity index (χ4v) is 2.44. The van der Waals surface area contributed by atoms with Crippen molar-refractivity contribution in [1.29, 1.82) is 0 Å². The van der Waals surface area contributed by atoms with E-state index in [0.717, 1.165) is 38.3 Å². The Hall–Kier alpha value is -1.39. The Morgan fingerprint density at radius 1 is 1.16 bits per heavy atom. The number of anilines is 2. The van der Waals surface area contributed by atoms with Crippen LogP contribution in [0, 0.1) is 5.92 Å². The lowest BCUT2D eigenvalue weighted by molar-refractivity contribution is -0.137. The lowest BCUT2D eigenvalue weighted by atomic mass is 10.1. The van der Waals surface area contributed by atoms with Gasteiger partial charge in [-0.2, -0.15) is 13.2 Å². The number of alkyl halides is 3. The number of hydrogen-bond acceptors (Lipinski definition) is 2. The van der Waals surface area contributed by atoms with Gasteiger partial charge < -0.3 is 10.6 Å². The SMILES string of the molecule is Nc1ccc(N(CC2CC2)C2CC2)c(C(F)(F)F)c1. The van der Waals surface area contributed by atoms with Gasteiger partial charge in [-0.05, 0) is 49.8 Å². The van der Waals surface area contributed by atoms with Gasteiger partial charge in [0.1, 0.15) is 0 Å². The second-order valence-corrected chi connectivity index (χ2v) is 5.60. The Morgan fingerprint density at radius 3 is 2.37 bits per heavy atom. The zero-order chi connectivity index (χ0) is 13.6. The zero-order valence-corrected chi connectivity index (χ0v) is 10.6. The van der Waals surface area contributed by atoms with Gasteiger partial charge in [0.2, 0.25) is 0 Å². The largest absolute Gasteiger partial charge is 0.418 e. The monoisotopic (exact) mass is 270 g/mol.